The van der Waals surface area contributed by atoms with Crippen molar-refractivity contribution >= 4 is 23.0 Å². The number of hydrogen-bond acceptors (Lipinski definition) is 4. The highest BCUT2D eigenvalue weighted by molar-refractivity contribution is 5.94. The predicted octanol–water partition coefficient (Wildman–Crippen LogP) is 3.85. The second-order valence-electron chi connectivity index (χ2n) is 6.78. The number of piperidine rings is 1. The molecule has 2 N–H and O–H groups in total. The maximum atomic E-state index is 12.1. The molecule has 1 fully saturated rings. The molecule has 26 heavy (non-hydrogen) atoms. The van der Waals surface area contributed by atoms with E-state index in [1.165, 1.54) is 18.5 Å². The molecule has 0 spiro atoms. The van der Waals surface area contributed by atoms with Crippen LogP contribution < -0.4 is 15.5 Å². The van der Waals surface area contributed by atoms with Crippen molar-refractivity contribution in [1.29, 1.82) is 5.26 Å². The zero-order valence-corrected chi connectivity index (χ0v) is 15.0. The van der Waals surface area contributed by atoms with Crippen LogP contribution in [0.3, 0.4) is 0 Å². The molecule has 2 aromatic rings. The van der Waals surface area contributed by atoms with Crippen LogP contribution in [-0.2, 0) is 4.79 Å². The van der Waals surface area contributed by atoms with Crippen LogP contribution in [0.5, 0.6) is 0 Å². The van der Waals surface area contributed by atoms with Crippen LogP contribution in [0, 0.1) is 17.2 Å². The first-order valence-electron chi connectivity index (χ1n) is 9.03. The summed E-state index contributed by atoms with van der Waals surface area (Å²) in [6.45, 7) is 4.67. The normalized spacial score (nSPS) is 14.5. The van der Waals surface area contributed by atoms with Gasteiger partial charge in [0.25, 0.3) is 0 Å². The largest absolute Gasteiger partial charge is 0.376 e. The molecule has 0 unspecified atom stereocenters. The maximum absolute atomic E-state index is 12.1. The van der Waals surface area contributed by atoms with Gasteiger partial charge in [0.15, 0.2) is 0 Å². The minimum absolute atomic E-state index is 0.153. The fourth-order valence-corrected chi connectivity index (χ4v) is 3.12. The summed E-state index contributed by atoms with van der Waals surface area (Å²) >= 11 is 0. The molecule has 1 heterocycles. The summed E-state index contributed by atoms with van der Waals surface area (Å²) in [6.07, 6.45) is 2.48. The van der Waals surface area contributed by atoms with Crippen molar-refractivity contribution in [3.8, 4) is 6.07 Å². The lowest BCUT2D eigenvalue weighted by molar-refractivity contribution is -0.114. The van der Waals surface area contributed by atoms with Gasteiger partial charge in [0.1, 0.15) is 6.07 Å². The van der Waals surface area contributed by atoms with Crippen LogP contribution in [0.1, 0.15) is 25.3 Å². The molecule has 0 aliphatic carbocycles. The molecule has 1 amide bonds. The van der Waals surface area contributed by atoms with Gasteiger partial charge in [-0.2, -0.15) is 5.26 Å². The van der Waals surface area contributed by atoms with Crippen molar-refractivity contribution in [2.24, 2.45) is 5.92 Å². The van der Waals surface area contributed by atoms with Gasteiger partial charge in [0.2, 0.25) is 5.91 Å². The second kappa shape index (κ2) is 8.39. The number of carbonyl (C=O) groups is 1. The summed E-state index contributed by atoms with van der Waals surface area (Å²) in [5.41, 5.74) is 3.13. The highest BCUT2D eigenvalue weighted by Gasteiger charge is 2.15. The SMILES string of the molecule is CC1CCN(c2ccc(NCC(=O)Nc3ccccc3C#N)cc2)CC1. The molecule has 134 valence electrons. The van der Waals surface area contributed by atoms with Crippen LogP contribution in [0.2, 0.25) is 0 Å². The van der Waals surface area contributed by atoms with Crippen LogP contribution >= 0.6 is 0 Å². The summed E-state index contributed by atoms with van der Waals surface area (Å²) in [7, 11) is 0. The van der Waals surface area contributed by atoms with E-state index in [1.54, 1.807) is 24.3 Å². The first-order valence-corrected chi connectivity index (χ1v) is 9.03. The van der Waals surface area contributed by atoms with Gasteiger partial charge >= 0.3 is 0 Å². The van der Waals surface area contributed by atoms with Gasteiger partial charge in [-0.05, 0) is 55.2 Å². The average Bonchev–Trinajstić information content (AvgIpc) is 2.68. The molecule has 2 aromatic carbocycles. The number of carbonyl (C=O) groups excluding carboxylic acids is 1. The fourth-order valence-electron chi connectivity index (χ4n) is 3.12. The highest BCUT2D eigenvalue weighted by atomic mass is 16.1. The Morgan fingerprint density at radius 1 is 1.15 bits per heavy atom. The topological polar surface area (TPSA) is 68.2 Å². The van der Waals surface area contributed by atoms with Crippen molar-refractivity contribution in [2.75, 3.05) is 35.2 Å². The number of hydrogen-bond donors (Lipinski definition) is 2. The Labute approximate surface area is 154 Å². The lowest BCUT2D eigenvalue weighted by atomic mass is 9.99. The van der Waals surface area contributed by atoms with Gasteiger partial charge < -0.3 is 15.5 Å². The Bertz CT molecular complexity index is 786. The highest BCUT2D eigenvalue weighted by Crippen LogP contribution is 2.24. The number of anilines is 3. The molecule has 1 aliphatic heterocycles. The van der Waals surface area contributed by atoms with Crippen molar-refractivity contribution < 1.29 is 4.79 Å². The van der Waals surface area contributed by atoms with Gasteiger partial charge in [0, 0.05) is 24.5 Å². The molecular formula is C21H24N4O. The van der Waals surface area contributed by atoms with E-state index in [2.05, 4.69) is 40.7 Å². The number of nitrogens with one attached hydrogen (secondary N) is 2. The van der Waals surface area contributed by atoms with E-state index in [0.29, 0.717) is 11.3 Å². The molecule has 0 radical (unpaired) electrons. The number of para-hydroxylation sites is 1. The standard InChI is InChI=1S/C21H24N4O/c1-16-10-12-25(13-11-16)19-8-6-18(7-9-19)23-15-21(26)24-20-5-3-2-4-17(20)14-22/h2-9,16,23H,10-13,15H2,1H3,(H,24,26). The summed E-state index contributed by atoms with van der Waals surface area (Å²) < 4.78 is 0. The maximum Gasteiger partial charge on any atom is 0.243 e. The van der Waals surface area contributed by atoms with E-state index in [-0.39, 0.29) is 12.5 Å². The third-order valence-electron chi connectivity index (χ3n) is 4.79. The molecule has 0 saturated carbocycles. The van der Waals surface area contributed by atoms with E-state index in [1.807, 2.05) is 12.1 Å². The molecule has 5 nitrogen and oxygen atoms in total. The summed E-state index contributed by atoms with van der Waals surface area (Å²) in [5, 5.41) is 15.0. The fraction of sp³-hybridized carbons (Fsp3) is 0.333. The van der Waals surface area contributed by atoms with Crippen LogP contribution in [0.4, 0.5) is 17.1 Å². The Hall–Kier alpha value is -3.00. The van der Waals surface area contributed by atoms with Crippen LogP contribution in [0.25, 0.3) is 0 Å². The first kappa shape index (κ1) is 17.8. The number of nitrogens with zero attached hydrogens (tertiary/aromatic N) is 2. The van der Waals surface area contributed by atoms with E-state index >= 15 is 0 Å². The molecule has 1 aliphatic rings. The molecule has 0 bridgehead atoms. The van der Waals surface area contributed by atoms with Crippen molar-refractivity contribution in [1.82, 2.24) is 0 Å². The lowest BCUT2D eigenvalue weighted by Crippen LogP contribution is -2.32. The van der Waals surface area contributed by atoms with Crippen molar-refractivity contribution in [3.63, 3.8) is 0 Å². The van der Waals surface area contributed by atoms with Gasteiger partial charge in [-0.25, -0.2) is 0 Å². The van der Waals surface area contributed by atoms with E-state index < -0.39 is 0 Å². The third-order valence-corrected chi connectivity index (χ3v) is 4.79. The van der Waals surface area contributed by atoms with Crippen molar-refractivity contribution in [2.45, 2.75) is 19.8 Å². The second-order valence-corrected chi connectivity index (χ2v) is 6.78. The minimum atomic E-state index is -0.179. The molecule has 0 atom stereocenters. The minimum Gasteiger partial charge on any atom is -0.376 e. The number of amides is 1. The van der Waals surface area contributed by atoms with E-state index in [9.17, 15) is 4.79 Å². The number of benzene rings is 2. The Balaban J connectivity index is 1.51. The average molecular weight is 348 g/mol. The zero-order valence-electron chi connectivity index (χ0n) is 15.0. The molecule has 0 aromatic heterocycles. The molecule has 1 saturated heterocycles. The molecule has 5 heteroatoms. The quantitative estimate of drug-likeness (QED) is 0.861. The number of nitriles is 1. The molecular weight excluding hydrogens is 324 g/mol. The third kappa shape index (κ3) is 4.54. The Morgan fingerprint density at radius 3 is 2.54 bits per heavy atom. The Morgan fingerprint density at radius 2 is 1.85 bits per heavy atom. The summed E-state index contributed by atoms with van der Waals surface area (Å²) in [6, 6.07) is 17.3. The predicted molar refractivity (Wildman–Crippen MR) is 105 cm³/mol. The first-order chi connectivity index (χ1) is 12.7. The van der Waals surface area contributed by atoms with Gasteiger partial charge in [-0.15, -0.1) is 0 Å². The van der Waals surface area contributed by atoms with E-state index in [0.717, 1.165) is 24.7 Å². The lowest BCUT2D eigenvalue weighted by Gasteiger charge is -2.32. The van der Waals surface area contributed by atoms with Crippen molar-refractivity contribution in [3.05, 3.63) is 54.1 Å². The van der Waals surface area contributed by atoms with Crippen LogP contribution in [-0.4, -0.2) is 25.5 Å². The molecule has 3 rings (SSSR count). The summed E-state index contributed by atoms with van der Waals surface area (Å²) in [5.74, 6) is 0.638. The smallest absolute Gasteiger partial charge is 0.243 e. The summed E-state index contributed by atoms with van der Waals surface area (Å²) in [4.78, 5) is 14.5. The zero-order chi connectivity index (χ0) is 18.4. The van der Waals surface area contributed by atoms with E-state index in [4.69, 9.17) is 5.26 Å². The monoisotopic (exact) mass is 348 g/mol. The van der Waals surface area contributed by atoms with Gasteiger partial charge in [-0.1, -0.05) is 19.1 Å². The Kier molecular flexibility index (Phi) is 5.75. The van der Waals surface area contributed by atoms with Crippen LogP contribution in [0.15, 0.2) is 48.5 Å². The van der Waals surface area contributed by atoms with Gasteiger partial charge in [0.05, 0.1) is 17.8 Å². The number of rotatable bonds is 5. The van der Waals surface area contributed by atoms with Gasteiger partial charge in [-0.3, -0.25) is 4.79 Å².